The molecule has 0 aliphatic carbocycles. The first-order valence-corrected chi connectivity index (χ1v) is 8.83. The maximum absolute atomic E-state index is 11.5. The highest BCUT2D eigenvalue weighted by Crippen LogP contribution is 2.26. The first kappa shape index (κ1) is 17.5. The number of hydrogen-bond donors (Lipinski definition) is 0. The molecule has 1 aromatic heterocycles. The Morgan fingerprint density at radius 3 is 2.45 bits per heavy atom. The minimum absolute atomic E-state index is 0.257. The highest BCUT2D eigenvalue weighted by Gasteiger charge is 2.14. The molecule has 20 heavy (non-hydrogen) atoms. The lowest BCUT2D eigenvalue weighted by molar-refractivity contribution is 0.0606. The van der Waals surface area contributed by atoms with Gasteiger partial charge in [0.15, 0.2) is 0 Å². The van der Waals surface area contributed by atoms with Crippen molar-refractivity contribution in [3.63, 3.8) is 0 Å². The van der Waals surface area contributed by atoms with E-state index in [4.69, 9.17) is 16.3 Å². The summed E-state index contributed by atoms with van der Waals surface area (Å²) >= 11 is 7.47. The van der Waals surface area contributed by atoms with Crippen LogP contribution in [-0.4, -0.2) is 13.1 Å². The van der Waals surface area contributed by atoms with Gasteiger partial charge in [-0.1, -0.05) is 45.4 Å². The van der Waals surface area contributed by atoms with Gasteiger partial charge in [-0.15, -0.1) is 22.9 Å². The zero-order valence-corrected chi connectivity index (χ0v) is 14.1. The van der Waals surface area contributed by atoms with Gasteiger partial charge in [-0.2, -0.15) is 0 Å². The minimum atomic E-state index is -0.257. The highest BCUT2D eigenvalue weighted by molar-refractivity contribution is 7.14. The smallest absolute Gasteiger partial charge is 0.348 e. The Labute approximate surface area is 131 Å². The topological polar surface area (TPSA) is 26.3 Å². The molecule has 0 bridgehead atoms. The van der Waals surface area contributed by atoms with Crippen molar-refractivity contribution >= 4 is 28.9 Å². The fourth-order valence-electron chi connectivity index (χ4n) is 2.24. The van der Waals surface area contributed by atoms with Crippen molar-refractivity contribution in [3.05, 3.63) is 21.4 Å². The molecular weight excluding hydrogens is 292 g/mol. The summed E-state index contributed by atoms with van der Waals surface area (Å²) in [5.74, 6) is 0.214. The van der Waals surface area contributed by atoms with Crippen LogP contribution < -0.4 is 0 Å². The number of unbranched alkanes of at least 4 members (excludes halogenated alkanes) is 6. The molecule has 0 fully saturated rings. The van der Waals surface area contributed by atoms with Crippen LogP contribution in [0.5, 0.6) is 0 Å². The van der Waals surface area contributed by atoms with E-state index < -0.39 is 0 Å². The molecule has 0 unspecified atom stereocenters. The van der Waals surface area contributed by atoms with Gasteiger partial charge in [-0.3, -0.25) is 0 Å². The summed E-state index contributed by atoms with van der Waals surface area (Å²) in [4.78, 5) is 13.4. The first-order valence-electron chi connectivity index (χ1n) is 7.48. The van der Waals surface area contributed by atoms with Crippen molar-refractivity contribution in [2.24, 2.45) is 0 Å². The number of carbonyl (C=O) groups excluding carboxylic acids is 1. The highest BCUT2D eigenvalue weighted by atomic mass is 35.5. The Bertz CT molecular complexity index is 401. The quantitative estimate of drug-likeness (QED) is 0.320. The monoisotopic (exact) mass is 316 g/mol. The molecule has 0 aromatic carbocycles. The van der Waals surface area contributed by atoms with Gasteiger partial charge in [-0.05, 0) is 24.5 Å². The molecule has 4 heteroatoms. The van der Waals surface area contributed by atoms with Gasteiger partial charge in [0.05, 0.1) is 7.11 Å². The standard InChI is InChI=1S/C16H25ClO2S/c1-3-4-5-6-7-8-9-10-14-13(12-17)11-15(20-14)16(18)19-2/h11H,3-10,12H2,1-2H3. The van der Waals surface area contributed by atoms with Crippen LogP contribution >= 0.6 is 22.9 Å². The predicted octanol–water partition coefficient (Wildman–Crippen LogP) is 5.57. The number of alkyl halides is 1. The molecule has 0 aliphatic rings. The molecular formula is C16H25ClO2S. The van der Waals surface area contributed by atoms with Gasteiger partial charge in [0.25, 0.3) is 0 Å². The zero-order chi connectivity index (χ0) is 14.8. The van der Waals surface area contributed by atoms with Gasteiger partial charge in [0.2, 0.25) is 0 Å². The lowest BCUT2D eigenvalue weighted by atomic mass is 10.1. The third-order valence-corrected chi connectivity index (χ3v) is 4.94. The molecule has 2 nitrogen and oxygen atoms in total. The second-order valence-corrected chi connectivity index (χ2v) is 6.46. The summed E-state index contributed by atoms with van der Waals surface area (Å²) in [6.07, 6.45) is 10.1. The normalized spacial score (nSPS) is 10.8. The SMILES string of the molecule is CCCCCCCCCc1sc(C(=O)OC)cc1CCl. The number of ether oxygens (including phenoxy) is 1. The van der Waals surface area contributed by atoms with E-state index in [9.17, 15) is 4.79 Å². The Hall–Kier alpha value is -0.540. The van der Waals surface area contributed by atoms with Gasteiger partial charge in [0, 0.05) is 10.8 Å². The summed E-state index contributed by atoms with van der Waals surface area (Å²) in [5.41, 5.74) is 1.09. The number of esters is 1. The molecule has 0 saturated heterocycles. The third-order valence-electron chi connectivity index (χ3n) is 3.43. The van der Waals surface area contributed by atoms with Crippen LogP contribution in [0.15, 0.2) is 6.07 Å². The largest absolute Gasteiger partial charge is 0.465 e. The van der Waals surface area contributed by atoms with E-state index >= 15 is 0 Å². The van der Waals surface area contributed by atoms with Crippen LogP contribution in [0.1, 0.15) is 72.0 Å². The van der Waals surface area contributed by atoms with E-state index in [0.29, 0.717) is 10.8 Å². The maximum Gasteiger partial charge on any atom is 0.348 e. The number of carbonyl (C=O) groups is 1. The number of halogens is 1. The number of aryl methyl sites for hydroxylation is 1. The molecule has 0 N–H and O–H groups in total. The zero-order valence-electron chi connectivity index (χ0n) is 12.5. The molecule has 0 radical (unpaired) electrons. The van der Waals surface area contributed by atoms with Crippen LogP contribution in [0.4, 0.5) is 0 Å². The Morgan fingerprint density at radius 2 is 1.85 bits per heavy atom. The molecule has 1 heterocycles. The first-order chi connectivity index (χ1) is 9.72. The average Bonchev–Trinajstić information content (AvgIpc) is 2.88. The van der Waals surface area contributed by atoms with E-state index in [1.165, 1.54) is 68.3 Å². The van der Waals surface area contributed by atoms with Crippen molar-refractivity contribution in [2.75, 3.05) is 7.11 Å². The molecule has 114 valence electrons. The van der Waals surface area contributed by atoms with Crippen LogP contribution in [0, 0.1) is 0 Å². The molecule has 0 amide bonds. The van der Waals surface area contributed by atoms with E-state index in [0.717, 1.165) is 12.0 Å². The van der Waals surface area contributed by atoms with Crippen LogP contribution in [0.3, 0.4) is 0 Å². The van der Waals surface area contributed by atoms with E-state index in [1.54, 1.807) is 0 Å². The summed E-state index contributed by atoms with van der Waals surface area (Å²) in [6, 6.07) is 1.88. The average molecular weight is 317 g/mol. The molecule has 1 rings (SSSR count). The minimum Gasteiger partial charge on any atom is -0.465 e. The summed E-state index contributed by atoms with van der Waals surface area (Å²) < 4.78 is 4.76. The van der Waals surface area contributed by atoms with Crippen molar-refractivity contribution < 1.29 is 9.53 Å². The van der Waals surface area contributed by atoms with Gasteiger partial charge in [-0.25, -0.2) is 4.79 Å². The van der Waals surface area contributed by atoms with Gasteiger partial charge in [0.1, 0.15) is 4.88 Å². The number of methoxy groups -OCH3 is 1. The third kappa shape index (κ3) is 5.84. The maximum atomic E-state index is 11.5. The summed E-state index contributed by atoms with van der Waals surface area (Å²) in [6.45, 7) is 2.24. The fraction of sp³-hybridized carbons (Fsp3) is 0.688. The van der Waals surface area contributed by atoms with Crippen LogP contribution in [0.2, 0.25) is 0 Å². The van der Waals surface area contributed by atoms with E-state index in [1.807, 2.05) is 6.07 Å². The molecule has 0 aliphatic heterocycles. The molecule has 0 spiro atoms. The second kappa shape index (κ2) is 10.2. The Balaban J connectivity index is 2.35. The van der Waals surface area contributed by atoms with Crippen LogP contribution in [0.25, 0.3) is 0 Å². The fourth-order valence-corrected chi connectivity index (χ4v) is 3.69. The molecule has 0 atom stereocenters. The number of thiophene rings is 1. The predicted molar refractivity (Wildman–Crippen MR) is 86.9 cm³/mol. The van der Waals surface area contributed by atoms with Crippen molar-refractivity contribution in [2.45, 2.75) is 64.2 Å². The van der Waals surface area contributed by atoms with Crippen molar-refractivity contribution in [3.8, 4) is 0 Å². The second-order valence-electron chi connectivity index (χ2n) is 5.06. The summed E-state index contributed by atoms with van der Waals surface area (Å²) in [5, 5.41) is 0. The molecule has 0 saturated carbocycles. The van der Waals surface area contributed by atoms with Crippen LogP contribution in [-0.2, 0) is 17.0 Å². The van der Waals surface area contributed by atoms with Gasteiger partial charge >= 0.3 is 5.97 Å². The van der Waals surface area contributed by atoms with E-state index in [2.05, 4.69) is 6.92 Å². The number of rotatable bonds is 10. The lowest BCUT2D eigenvalue weighted by Crippen LogP contribution is -1.96. The Morgan fingerprint density at radius 1 is 1.20 bits per heavy atom. The molecule has 1 aromatic rings. The Kier molecular flexibility index (Phi) is 8.95. The summed E-state index contributed by atoms with van der Waals surface area (Å²) in [7, 11) is 1.42. The van der Waals surface area contributed by atoms with Crippen molar-refractivity contribution in [1.29, 1.82) is 0 Å². The number of hydrogen-bond acceptors (Lipinski definition) is 3. The van der Waals surface area contributed by atoms with Crippen molar-refractivity contribution in [1.82, 2.24) is 0 Å². The van der Waals surface area contributed by atoms with E-state index in [-0.39, 0.29) is 5.97 Å². The lowest BCUT2D eigenvalue weighted by Gasteiger charge is -2.02. The van der Waals surface area contributed by atoms with Gasteiger partial charge < -0.3 is 4.74 Å².